The molecule has 1 unspecified atom stereocenters. The lowest BCUT2D eigenvalue weighted by Crippen LogP contribution is -2.54. The molecule has 4 aromatic rings. The van der Waals surface area contributed by atoms with E-state index in [2.05, 4.69) is 26.4 Å². The number of fused-ring (bicyclic) bond motifs is 3. The maximum Gasteiger partial charge on any atom is 0.417 e. The number of nitrogens with zero attached hydrogens (tertiary/aromatic N) is 8. The molecule has 2 aromatic heterocycles. The van der Waals surface area contributed by atoms with E-state index in [4.69, 9.17) is 38.3 Å². The molecular weight excluding hydrogens is 1080 g/mol. The van der Waals surface area contributed by atoms with Gasteiger partial charge in [-0.3, -0.25) is 43.7 Å². The molecule has 5 aliphatic heterocycles. The minimum Gasteiger partial charge on any atom is -0.383 e. The molecule has 0 saturated carbocycles. The SMILES string of the molecule is CNC(=O)N1CCc2c(c(N3CCN(C(=O)NCCOCCOCCOCCOCCOCCOCCNc4ccc5c(c4)C(=O)N(C4CCC(=O)NC4=O)C5=O)c4cc(-c5cnn(C)c5)c(C(F)(F)F)cc43)nn2C2CCOCC2)C1. The van der Waals surface area contributed by atoms with Gasteiger partial charge in [-0.1, -0.05) is 0 Å². The van der Waals surface area contributed by atoms with Crippen LogP contribution in [0.5, 0.6) is 0 Å². The van der Waals surface area contributed by atoms with Crippen molar-refractivity contribution in [2.24, 2.45) is 7.05 Å². The summed E-state index contributed by atoms with van der Waals surface area (Å²) in [6.07, 6.45) is 0.177. The number of halogens is 3. The van der Waals surface area contributed by atoms with Gasteiger partial charge in [-0.05, 0) is 55.2 Å². The standard InChI is InChI=1S/C54H69F3N12O13/c1-58-52(74)65-12-7-43-41(34-65)48(63-69(43)37-8-15-76-16-9-37)66-13-14-67(45-30-39(35-32-61-64(2)33-35)42(31-46(45)66)54(55,56)57)53(75)60-11-18-78-20-22-80-24-26-82-28-27-81-25-23-79-21-19-77-17-10-59-36-3-4-38-40(29-36)51(73)68(50(38)72)44-5-6-47(70)62-49(44)71/h3-4,29-33,37,44,59H,5-28,34H2,1-2H3,(H,58,74)(H,60,75)(H,62,70,71). The Kier molecular flexibility index (Phi) is 20.1. The topological polar surface area (TPSA) is 264 Å². The van der Waals surface area contributed by atoms with Crippen molar-refractivity contribution in [2.75, 3.05) is 147 Å². The Morgan fingerprint density at radius 3 is 2.01 bits per heavy atom. The molecule has 82 heavy (non-hydrogen) atoms. The summed E-state index contributed by atoms with van der Waals surface area (Å²) < 4.78 is 87.9. The van der Waals surface area contributed by atoms with Gasteiger partial charge >= 0.3 is 18.2 Å². The van der Waals surface area contributed by atoms with Gasteiger partial charge in [0.2, 0.25) is 11.8 Å². The minimum atomic E-state index is -4.77. The summed E-state index contributed by atoms with van der Waals surface area (Å²) in [6, 6.07) is 5.47. The van der Waals surface area contributed by atoms with E-state index < -0.39 is 47.4 Å². The summed E-state index contributed by atoms with van der Waals surface area (Å²) in [5.74, 6) is -1.78. The van der Waals surface area contributed by atoms with Crippen LogP contribution in [0.3, 0.4) is 0 Å². The highest BCUT2D eigenvalue weighted by Gasteiger charge is 2.45. The van der Waals surface area contributed by atoms with E-state index in [0.717, 1.165) is 35.1 Å². The van der Waals surface area contributed by atoms with Crippen LogP contribution >= 0.6 is 0 Å². The maximum absolute atomic E-state index is 15.1. The van der Waals surface area contributed by atoms with Crippen LogP contribution in [0.4, 0.5) is 45.6 Å². The zero-order valence-corrected chi connectivity index (χ0v) is 45.9. The van der Waals surface area contributed by atoms with E-state index in [-0.39, 0.29) is 105 Å². The third-order valence-electron chi connectivity index (χ3n) is 14.6. The van der Waals surface area contributed by atoms with Crippen molar-refractivity contribution in [2.45, 2.75) is 56.9 Å². The van der Waals surface area contributed by atoms with Gasteiger partial charge in [0.1, 0.15) is 6.04 Å². The number of aromatic nitrogens is 4. The third-order valence-corrected chi connectivity index (χ3v) is 14.6. The molecule has 0 spiro atoms. The Morgan fingerprint density at radius 1 is 0.744 bits per heavy atom. The molecule has 28 heteroatoms. The lowest BCUT2D eigenvalue weighted by Gasteiger charge is -2.38. The number of piperidine rings is 1. The molecule has 2 saturated heterocycles. The number of carbonyl (C=O) groups is 6. The first-order valence-electron chi connectivity index (χ1n) is 27.5. The molecular formula is C54H69F3N12O13. The van der Waals surface area contributed by atoms with Gasteiger partial charge in [0, 0.05) is 102 Å². The second kappa shape index (κ2) is 27.7. The summed E-state index contributed by atoms with van der Waals surface area (Å²) in [7, 11) is 3.17. The molecule has 2 fully saturated rings. The van der Waals surface area contributed by atoms with E-state index in [1.165, 1.54) is 28.0 Å². The highest BCUT2D eigenvalue weighted by Crippen LogP contribution is 2.48. The normalized spacial score (nSPS) is 17.5. The first-order valence-corrected chi connectivity index (χ1v) is 27.5. The largest absolute Gasteiger partial charge is 0.417 e. The number of alkyl halides is 3. The molecule has 0 bridgehead atoms. The van der Waals surface area contributed by atoms with E-state index in [0.29, 0.717) is 104 Å². The molecule has 8 amide bonds. The second-order valence-electron chi connectivity index (χ2n) is 19.9. The van der Waals surface area contributed by atoms with E-state index in [9.17, 15) is 28.8 Å². The first-order chi connectivity index (χ1) is 39.7. The molecule has 7 heterocycles. The summed E-state index contributed by atoms with van der Waals surface area (Å²) in [5.41, 5.74) is 2.31. The lowest BCUT2D eigenvalue weighted by molar-refractivity contribution is -0.137. The van der Waals surface area contributed by atoms with Gasteiger partial charge < -0.3 is 58.9 Å². The molecule has 0 radical (unpaired) electrons. The fourth-order valence-electron chi connectivity index (χ4n) is 10.5. The van der Waals surface area contributed by atoms with Gasteiger partial charge in [-0.2, -0.15) is 23.4 Å². The quantitative estimate of drug-likeness (QED) is 0.0517. The number of amides is 8. The molecule has 444 valence electrons. The molecule has 0 aliphatic carbocycles. The Labute approximate surface area is 470 Å². The van der Waals surface area contributed by atoms with Crippen molar-refractivity contribution in [3.8, 4) is 11.1 Å². The van der Waals surface area contributed by atoms with Crippen molar-refractivity contribution in [3.05, 3.63) is 70.7 Å². The van der Waals surface area contributed by atoms with Gasteiger partial charge in [0.05, 0.1) is 126 Å². The van der Waals surface area contributed by atoms with Crippen LogP contribution in [-0.2, 0) is 68.9 Å². The van der Waals surface area contributed by atoms with Crippen LogP contribution in [0.2, 0.25) is 0 Å². The third kappa shape index (κ3) is 14.2. The van der Waals surface area contributed by atoms with Crippen molar-refractivity contribution < 1.29 is 75.1 Å². The fraction of sp³-hybridized carbons (Fsp3) is 0.556. The lowest BCUT2D eigenvalue weighted by atomic mass is 9.97. The molecule has 4 N–H and O–H groups in total. The summed E-state index contributed by atoms with van der Waals surface area (Å²) >= 11 is 0. The summed E-state index contributed by atoms with van der Waals surface area (Å²) in [5, 5.41) is 20.1. The van der Waals surface area contributed by atoms with Crippen LogP contribution < -0.4 is 31.1 Å². The number of imide groups is 2. The smallest absolute Gasteiger partial charge is 0.383 e. The van der Waals surface area contributed by atoms with Crippen LogP contribution in [0.25, 0.3) is 11.1 Å². The molecule has 9 rings (SSSR count). The van der Waals surface area contributed by atoms with Gasteiger partial charge in [0.15, 0.2) is 5.82 Å². The number of ether oxygens (including phenoxy) is 7. The van der Waals surface area contributed by atoms with E-state index in [1.807, 2.05) is 4.68 Å². The number of hydrogen-bond donors (Lipinski definition) is 4. The Morgan fingerprint density at radius 2 is 1.39 bits per heavy atom. The fourth-order valence-corrected chi connectivity index (χ4v) is 10.5. The minimum absolute atomic E-state index is 0.0150. The first kappa shape index (κ1) is 59.4. The predicted molar refractivity (Wildman–Crippen MR) is 288 cm³/mol. The monoisotopic (exact) mass is 1150 g/mol. The molecule has 5 aliphatic rings. The van der Waals surface area contributed by atoms with Crippen LogP contribution in [-0.4, -0.2) is 203 Å². The van der Waals surface area contributed by atoms with E-state index >= 15 is 13.2 Å². The van der Waals surface area contributed by atoms with Gasteiger partial charge in [-0.25, -0.2) is 9.59 Å². The summed E-state index contributed by atoms with van der Waals surface area (Å²) in [4.78, 5) is 82.5. The molecule has 25 nitrogen and oxygen atoms in total. The van der Waals surface area contributed by atoms with Crippen LogP contribution in [0.15, 0.2) is 42.7 Å². The Bertz CT molecular complexity index is 2930. The molecule has 1 atom stereocenters. The van der Waals surface area contributed by atoms with Gasteiger partial charge in [0.25, 0.3) is 11.8 Å². The zero-order chi connectivity index (χ0) is 57.8. The highest BCUT2D eigenvalue weighted by molar-refractivity contribution is 6.23. The van der Waals surface area contributed by atoms with Crippen LogP contribution in [0, 0.1) is 0 Å². The zero-order valence-electron chi connectivity index (χ0n) is 45.9. The van der Waals surface area contributed by atoms with Crippen molar-refractivity contribution in [1.82, 2.24) is 45.3 Å². The van der Waals surface area contributed by atoms with Crippen molar-refractivity contribution >= 4 is 58.6 Å². The number of benzene rings is 2. The average Bonchev–Trinajstić information content (AvgIpc) is 4.35. The number of hydrogen-bond acceptors (Lipinski definition) is 17. The highest BCUT2D eigenvalue weighted by atomic mass is 19.4. The van der Waals surface area contributed by atoms with Crippen molar-refractivity contribution in [1.29, 1.82) is 0 Å². The number of nitrogens with one attached hydrogen (secondary N) is 4. The molecule has 2 aromatic carbocycles. The number of urea groups is 2. The summed E-state index contributed by atoms with van der Waals surface area (Å²) in [6.45, 7) is 6.42. The van der Waals surface area contributed by atoms with Crippen molar-refractivity contribution in [3.63, 3.8) is 0 Å². The van der Waals surface area contributed by atoms with E-state index in [1.54, 1.807) is 42.1 Å². The number of carbonyl (C=O) groups excluding carboxylic acids is 6. The maximum atomic E-state index is 15.1. The average molecular weight is 1150 g/mol. The predicted octanol–water partition coefficient (Wildman–Crippen LogP) is 3.63. The Hall–Kier alpha value is -7.21. The Balaban J connectivity index is 0.648. The van der Waals surface area contributed by atoms with Gasteiger partial charge in [-0.15, -0.1) is 0 Å². The van der Waals surface area contributed by atoms with Crippen LogP contribution in [0.1, 0.15) is 69.3 Å². The second-order valence-corrected chi connectivity index (χ2v) is 19.9. The number of anilines is 4. The number of rotatable bonds is 26. The number of aryl methyl sites for hydroxylation is 1.